The number of aromatic nitrogens is 1. The quantitative estimate of drug-likeness (QED) is 0.0167. The average Bonchev–Trinajstić information content (AvgIpc) is 1.85. The van der Waals surface area contributed by atoms with Gasteiger partial charge in [0, 0.05) is 36.7 Å². The third-order valence-corrected chi connectivity index (χ3v) is 15.0. The number of unbranched alkanes of at least 4 members (excludes halogenated alkanes) is 2. The smallest absolute Gasteiger partial charge is 0.326 e. The van der Waals surface area contributed by atoms with Crippen molar-refractivity contribution in [2.24, 2.45) is 46.2 Å². The largest absolute Gasteiger partial charge is 0.481 e. The van der Waals surface area contributed by atoms with E-state index < -0.39 is 156 Å². The fourth-order valence-corrected chi connectivity index (χ4v) is 9.76. The second-order valence-electron chi connectivity index (χ2n) is 23.7. The van der Waals surface area contributed by atoms with Gasteiger partial charge in [-0.1, -0.05) is 45.9 Å². The number of fused-ring (bicyclic) bond motifs is 1. The van der Waals surface area contributed by atoms with Gasteiger partial charge >= 0.3 is 11.9 Å². The number of aromatic amines is 1. The highest BCUT2D eigenvalue weighted by atomic mass is 16.4. The molecule has 95 heavy (non-hydrogen) atoms. The number of hydrogen-bond donors (Lipinski definition) is 25. The van der Waals surface area contributed by atoms with E-state index in [2.05, 4.69) is 68.8 Å². The molecule has 0 spiro atoms. The molecule has 0 fully saturated rings. The maximum Gasteiger partial charge on any atom is 0.326 e. The Balaban J connectivity index is 2.43. The molecule has 36 heteroatoms. The number of carboxylic acids is 2. The van der Waals surface area contributed by atoms with Crippen LogP contribution >= 0.6 is 0 Å². The minimum absolute atomic E-state index is 0.0328. The minimum Gasteiger partial charge on any atom is -0.481 e. The normalized spacial score (nSPS) is 14.6. The van der Waals surface area contributed by atoms with Gasteiger partial charge in [-0.15, -0.1) is 0 Å². The molecule has 2 aromatic rings. The van der Waals surface area contributed by atoms with Crippen LogP contribution in [0.25, 0.3) is 10.9 Å². The van der Waals surface area contributed by atoms with Crippen molar-refractivity contribution in [3.8, 4) is 0 Å². The first kappa shape index (κ1) is 81.7. The zero-order chi connectivity index (χ0) is 71.5. The molecular formula is C59H102N22O14. The summed E-state index contributed by atoms with van der Waals surface area (Å²) in [5.74, 6) is -14.3. The van der Waals surface area contributed by atoms with E-state index in [9.17, 15) is 68.1 Å². The lowest BCUT2D eigenvalue weighted by Gasteiger charge is -2.30. The highest BCUT2D eigenvalue weighted by Crippen LogP contribution is 2.19. The summed E-state index contributed by atoms with van der Waals surface area (Å²) in [6, 6.07) is -7.64. The molecule has 0 aliphatic heterocycles. The maximum absolute atomic E-state index is 14.3. The van der Waals surface area contributed by atoms with E-state index in [0.717, 1.165) is 23.4 Å². The number of nitrogens with one attached hydrogen (secondary N) is 16. The first-order chi connectivity index (χ1) is 44.8. The lowest BCUT2D eigenvalue weighted by molar-refractivity contribution is -0.143. The van der Waals surface area contributed by atoms with Crippen molar-refractivity contribution in [3.63, 3.8) is 0 Å². The third-order valence-electron chi connectivity index (χ3n) is 15.0. The van der Waals surface area contributed by atoms with Crippen molar-refractivity contribution in [1.29, 1.82) is 16.2 Å². The number of aliphatic hydroxyl groups excluding tert-OH is 1. The maximum atomic E-state index is 14.3. The van der Waals surface area contributed by atoms with Crippen LogP contribution in [-0.4, -0.2) is 203 Å². The van der Waals surface area contributed by atoms with Gasteiger partial charge in [-0.05, 0) is 127 Å². The van der Waals surface area contributed by atoms with Crippen LogP contribution in [-0.2, 0) is 59.2 Å². The molecule has 0 bridgehead atoms. The van der Waals surface area contributed by atoms with E-state index in [4.69, 9.17) is 50.6 Å². The van der Waals surface area contributed by atoms with E-state index >= 15 is 0 Å². The van der Waals surface area contributed by atoms with Crippen molar-refractivity contribution >= 4 is 93.9 Å². The predicted octanol–water partition coefficient (Wildman–Crippen LogP) is -5.30. The Labute approximate surface area is 551 Å². The van der Waals surface area contributed by atoms with Crippen LogP contribution in [0, 0.1) is 28.1 Å². The number of para-hydroxylation sites is 1. The number of carboxylic acid groups (broad SMARTS) is 2. The highest BCUT2D eigenvalue weighted by molar-refractivity contribution is 5.99. The summed E-state index contributed by atoms with van der Waals surface area (Å²) in [5.41, 5.74) is 35.5. The molecule has 0 saturated carbocycles. The van der Waals surface area contributed by atoms with Gasteiger partial charge in [0.1, 0.15) is 54.4 Å². The Morgan fingerprint density at radius 2 is 0.811 bits per heavy atom. The summed E-state index contributed by atoms with van der Waals surface area (Å²) in [6.07, 6.45) is 0.436. The Hall–Kier alpha value is -9.42. The van der Waals surface area contributed by atoms with Gasteiger partial charge in [0.25, 0.3) is 0 Å². The number of amides is 9. The first-order valence-electron chi connectivity index (χ1n) is 31.6. The number of carbonyl (C=O) groups excluding carboxylic acids is 9. The summed E-state index contributed by atoms with van der Waals surface area (Å²) in [6.45, 7) is 7.92. The van der Waals surface area contributed by atoms with Crippen LogP contribution in [0.5, 0.6) is 0 Å². The lowest BCUT2D eigenvalue weighted by atomic mass is 10.00. The van der Waals surface area contributed by atoms with Crippen LogP contribution in [0.2, 0.25) is 0 Å². The van der Waals surface area contributed by atoms with Crippen LogP contribution in [0.15, 0.2) is 30.5 Å². The molecule has 0 radical (unpaired) electrons. The fraction of sp³-hybridized carbons (Fsp3) is 0.627. The standard InChI is InChI=1S/C59H102N22O14/c1-30(2)44(53(91)76-39(20-13-25-70-58(65)66)49(87)77-41(56(94)95)18-9-11-23-61)79-50(88)37(17-8-10-22-60)75-52(90)42(28-43(83)84)78-54(92)45(31(3)4)80-55(93)46(32(5)82)81-51(89)40(21-14-26-71-59(67)68)74-48(86)38(19-12-24-69-57(63)64)73-47(85)35(62)27-33-29-72-36-16-7-6-15-34(33)36/h6-7,15-16,29-32,35,37-42,44-46,72,82H,8-14,17-28,60-62H2,1-5H3,(H,73,85)(H,74,86)(H,75,90)(H,76,91)(H,77,87)(H,78,92)(H,79,88)(H,80,93)(H,81,89)(H,83,84)(H,94,95)(H4,63,64,69)(H4,65,66,70)(H4,67,68,71)/t32-,35+,37+,38+,39+,40+,41+,42+,44+,45+,46+/m1/s1. The second kappa shape index (κ2) is 42.7. The number of rotatable bonds is 46. The third kappa shape index (κ3) is 30.5. The summed E-state index contributed by atoms with van der Waals surface area (Å²) in [7, 11) is 0. The number of nitrogens with two attached hydrogens (primary N) is 6. The van der Waals surface area contributed by atoms with Gasteiger partial charge in [-0.3, -0.25) is 64.2 Å². The molecule has 36 nitrogen and oxygen atoms in total. The van der Waals surface area contributed by atoms with Crippen LogP contribution in [0.1, 0.15) is 124 Å². The highest BCUT2D eigenvalue weighted by Gasteiger charge is 2.38. The van der Waals surface area contributed by atoms with Crippen molar-refractivity contribution < 1.29 is 68.1 Å². The molecule has 1 aromatic heterocycles. The molecule has 1 aromatic carbocycles. The number of aliphatic carboxylic acids is 2. The van der Waals surface area contributed by atoms with E-state index in [1.54, 1.807) is 20.0 Å². The molecule has 9 amide bonds. The summed E-state index contributed by atoms with van der Waals surface area (Å²) >= 11 is 0. The summed E-state index contributed by atoms with van der Waals surface area (Å²) in [5, 5.41) is 84.5. The van der Waals surface area contributed by atoms with E-state index in [0.29, 0.717) is 19.3 Å². The van der Waals surface area contributed by atoms with Gasteiger partial charge in [0.15, 0.2) is 17.9 Å². The average molecular weight is 1340 g/mol. The van der Waals surface area contributed by atoms with Gasteiger partial charge in [0.05, 0.1) is 18.6 Å². The molecule has 0 aliphatic carbocycles. The molecule has 0 unspecified atom stereocenters. The van der Waals surface area contributed by atoms with Crippen molar-refractivity contribution in [2.45, 2.75) is 191 Å². The van der Waals surface area contributed by atoms with Gasteiger partial charge in [-0.25, -0.2) is 4.79 Å². The Morgan fingerprint density at radius 1 is 0.463 bits per heavy atom. The summed E-state index contributed by atoms with van der Waals surface area (Å²) in [4.78, 5) is 154. The number of guanidine groups is 3. The molecule has 0 saturated heterocycles. The zero-order valence-electron chi connectivity index (χ0n) is 54.6. The predicted molar refractivity (Wildman–Crippen MR) is 352 cm³/mol. The molecule has 31 N–H and O–H groups in total. The number of benzene rings is 1. The van der Waals surface area contributed by atoms with E-state index in [1.165, 1.54) is 13.8 Å². The minimum atomic E-state index is -1.93. The molecule has 11 atom stereocenters. The number of aliphatic hydroxyl groups is 1. The van der Waals surface area contributed by atoms with Crippen molar-refractivity contribution in [1.82, 2.24) is 68.8 Å². The number of H-pyrrole nitrogens is 1. The topological polar surface area (TPSA) is 636 Å². The SMILES string of the molecule is CC(C)[C@H](NC(=O)[C@H](CCCCN)NC(=O)[C@H](CC(=O)O)NC(=O)[C@@H](NC(=O)[C@@H](NC(=O)[C@H](CCCNC(=N)N)NC(=O)[C@H](CCCNC(=N)N)NC(=O)[C@@H](N)Cc1c[nH]c2ccccc12)[C@@H](C)O)C(C)C)C(=O)N[C@@H](CCCNC(=N)N)C(=O)N[C@@H](CCCCN)C(=O)O. The number of hydrogen-bond acceptors (Lipinski definition) is 18. The van der Waals surface area contributed by atoms with Crippen LogP contribution < -0.4 is 98.2 Å². The van der Waals surface area contributed by atoms with E-state index in [-0.39, 0.29) is 109 Å². The monoisotopic (exact) mass is 1340 g/mol. The van der Waals surface area contributed by atoms with Crippen LogP contribution in [0.4, 0.5) is 0 Å². The van der Waals surface area contributed by atoms with Crippen molar-refractivity contribution in [2.75, 3.05) is 32.7 Å². The van der Waals surface area contributed by atoms with Crippen LogP contribution in [0.3, 0.4) is 0 Å². The molecule has 0 aliphatic rings. The van der Waals surface area contributed by atoms with Gasteiger partial charge < -0.3 is 119 Å². The van der Waals surface area contributed by atoms with Crippen molar-refractivity contribution in [3.05, 3.63) is 36.0 Å². The molecule has 2 rings (SSSR count). The Morgan fingerprint density at radius 3 is 1.22 bits per heavy atom. The second-order valence-corrected chi connectivity index (χ2v) is 23.7. The van der Waals surface area contributed by atoms with E-state index in [1.807, 2.05) is 24.3 Å². The Kier molecular flexibility index (Phi) is 36.7. The molecule has 1 heterocycles. The zero-order valence-corrected chi connectivity index (χ0v) is 54.6. The fourth-order valence-electron chi connectivity index (χ4n) is 9.76. The Bertz CT molecular complexity index is 2910. The summed E-state index contributed by atoms with van der Waals surface area (Å²) < 4.78 is 0. The van der Waals surface area contributed by atoms with Gasteiger partial charge in [0.2, 0.25) is 53.2 Å². The first-order valence-corrected chi connectivity index (χ1v) is 31.6. The van der Waals surface area contributed by atoms with Gasteiger partial charge in [-0.2, -0.15) is 0 Å². The molecule has 532 valence electrons. The molecular weight excluding hydrogens is 1240 g/mol. The lowest BCUT2D eigenvalue weighted by Crippen LogP contribution is -2.63. The number of carbonyl (C=O) groups is 11.